The summed E-state index contributed by atoms with van der Waals surface area (Å²) in [5, 5.41) is 62.7. The molecule has 17 nitrogen and oxygen atoms in total. The van der Waals surface area contributed by atoms with Crippen LogP contribution in [0.4, 0.5) is 0 Å². The number of ether oxygens (including phenoxy) is 6. The lowest BCUT2D eigenvalue weighted by Gasteiger charge is -2.49. The summed E-state index contributed by atoms with van der Waals surface area (Å²) in [7, 11) is 5.13. The van der Waals surface area contributed by atoms with Crippen LogP contribution >= 0.6 is 0 Å². The van der Waals surface area contributed by atoms with Gasteiger partial charge in [0.15, 0.2) is 12.6 Å². The Labute approximate surface area is 377 Å². The van der Waals surface area contributed by atoms with Gasteiger partial charge < -0.3 is 64.2 Å². The number of likely N-dealkylation sites (N-methyl/N-ethyl adjacent to an activating group) is 1. The molecule has 1 aromatic carbocycles. The largest absolute Gasteiger partial charge is 0.459 e. The minimum absolute atomic E-state index is 0.0365. The molecule has 1 amide bonds. The highest BCUT2D eigenvalue weighted by Crippen LogP contribution is 2.41. The van der Waals surface area contributed by atoms with Crippen molar-refractivity contribution < 1.29 is 68.3 Å². The zero-order valence-corrected chi connectivity index (χ0v) is 39.5. The summed E-state index contributed by atoms with van der Waals surface area (Å²) in [4.78, 5) is 48.4. The number of nitrogens with zero attached hydrogens (tertiary/aromatic N) is 2. The Morgan fingerprint density at radius 1 is 0.938 bits per heavy atom. The molecule has 0 bridgehead atoms. The van der Waals surface area contributed by atoms with Crippen LogP contribution in [0.15, 0.2) is 36.5 Å². The fourth-order valence-electron chi connectivity index (χ4n) is 9.90. The van der Waals surface area contributed by atoms with Crippen LogP contribution in [0.5, 0.6) is 0 Å². The van der Waals surface area contributed by atoms with E-state index in [9.17, 15) is 39.9 Å². The number of aromatic nitrogens is 1. The summed E-state index contributed by atoms with van der Waals surface area (Å²) >= 11 is 0. The molecule has 6 N–H and O–H groups in total. The van der Waals surface area contributed by atoms with Crippen molar-refractivity contribution in [3.05, 3.63) is 42.1 Å². The third-order valence-corrected chi connectivity index (χ3v) is 14.0. The van der Waals surface area contributed by atoms with Crippen molar-refractivity contribution in [2.45, 2.75) is 172 Å². The van der Waals surface area contributed by atoms with E-state index in [2.05, 4.69) is 10.3 Å². The fraction of sp³-hybridized carbons (Fsp3) is 0.745. The molecule has 2 aromatic rings. The van der Waals surface area contributed by atoms with Crippen molar-refractivity contribution in [3.8, 4) is 0 Å². The van der Waals surface area contributed by atoms with Crippen molar-refractivity contribution in [2.75, 3.05) is 27.7 Å². The summed E-state index contributed by atoms with van der Waals surface area (Å²) in [5.74, 6) is -6.06. The van der Waals surface area contributed by atoms with Crippen LogP contribution in [0.1, 0.15) is 98.4 Å². The predicted molar refractivity (Wildman–Crippen MR) is 235 cm³/mol. The topological polar surface area (TPSA) is 236 Å². The number of hydrogen-bond acceptors (Lipinski definition) is 16. The summed E-state index contributed by atoms with van der Waals surface area (Å²) < 4.78 is 37.6. The van der Waals surface area contributed by atoms with Crippen molar-refractivity contribution in [1.82, 2.24) is 15.2 Å². The average Bonchev–Trinajstić information content (AvgIpc) is 3.24. The first kappa shape index (κ1) is 51.8. The van der Waals surface area contributed by atoms with E-state index >= 15 is 0 Å². The van der Waals surface area contributed by atoms with Crippen LogP contribution in [0, 0.1) is 23.7 Å². The molecule has 360 valence electrons. The molecule has 3 aliphatic heterocycles. The molecule has 1 unspecified atom stereocenters. The SMILES string of the molecule is CO[C@]1(C)C[C@H](OC2[C@@H](C)C(=O)O[C@H](CCNC(=O)c3ccc4ncccc4c3)[C@@](C)(O)[C@H](O)[C@@H](C)C(=O)[C@H](C)C[C@@](C)(O)[C@H](O[C@@H]3O[C@H](C)C[C@H](N(C)C)[C@H]3O)[C@H]2C)O[C@@H](C)[C@@H]1O. The van der Waals surface area contributed by atoms with E-state index in [1.807, 2.05) is 32.0 Å². The molecule has 18 atom stereocenters. The number of carbonyl (C=O) groups excluding carboxylic acids is 3. The maximum Gasteiger partial charge on any atom is 0.311 e. The number of cyclic esters (lactones) is 1. The minimum atomic E-state index is -2.23. The third kappa shape index (κ3) is 11.3. The maximum absolute atomic E-state index is 14.7. The minimum Gasteiger partial charge on any atom is -0.459 e. The van der Waals surface area contributed by atoms with Gasteiger partial charge in [-0.3, -0.25) is 19.4 Å². The Bertz CT molecular complexity index is 1910. The van der Waals surface area contributed by atoms with Gasteiger partial charge in [0.05, 0.1) is 53.2 Å². The Kier molecular flexibility index (Phi) is 16.8. The number of rotatable bonds is 10. The second kappa shape index (κ2) is 20.8. The number of nitrogens with one attached hydrogen (secondary N) is 1. The van der Waals surface area contributed by atoms with E-state index in [1.54, 1.807) is 65.1 Å². The number of carbonyl (C=O) groups is 3. The molecule has 17 heteroatoms. The van der Waals surface area contributed by atoms with Gasteiger partial charge >= 0.3 is 5.97 Å². The van der Waals surface area contributed by atoms with E-state index in [0.717, 1.165) is 5.39 Å². The zero-order valence-electron chi connectivity index (χ0n) is 39.5. The molecule has 0 radical (unpaired) electrons. The van der Waals surface area contributed by atoms with Crippen LogP contribution in [-0.2, 0) is 38.0 Å². The lowest BCUT2D eigenvalue weighted by Crippen LogP contribution is -2.61. The van der Waals surface area contributed by atoms with Gasteiger partial charge in [-0.1, -0.05) is 26.8 Å². The third-order valence-electron chi connectivity index (χ3n) is 14.0. The smallest absolute Gasteiger partial charge is 0.311 e. The number of Topliss-reactive ketones (excluding diaryl/α,β-unsaturated/α-hetero) is 1. The average molecular weight is 904 g/mol. The van der Waals surface area contributed by atoms with Crippen LogP contribution < -0.4 is 5.32 Å². The molecule has 3 saturated heterocycles. The van der Waals surface area contributed by atoms with Crippen molar-refractivity contribution in [2.24, 2.45) is 23.7 Å². The number of methoxy groups -OCH3 is 1. The first-order valence-electron chi connectivity index (χ1n) is 22.5. The van der Waals surface area contributed by atoms with E-state index in [-0.39, 0.29) is 38.0 Å². The highest BCUT2D eigenvalue weighted by molar-refractivity contribution is 5.97. The van der Waals surface area contributed by atoms with Gasteiger partial charge in [-0.15, -0.1) is 0 Å². The number of esters is 1. The van der Waals surface area contributed by atoms with Crippen LogP contribution in [0.25, 0.3) is 10.9 Å². The highest BCUT2D eigenvalue weighted by Gasteiger charge is 2.53. The Hall–Kier alpha value is -3.20. The predicted octanol–water partition coefficient (Wildman–Crippen LogP) is 2.74. The molecule has 5 rings (SSSR count). The second-order valence-electron chi connectivity index (χ2n) is 19.5. The Balaban J connectivity index is 1.54. The number of aliphatic hydroxyl groups is 5. The quantitative estimate of drug-likeness (QED) is 0.188. The van der Waals surface area contributed by atoms with Gasteiger partial charge in [0, 0.05) is 67.4 Å². The molecule has 3 fully saturated rings. The molecule has 3 aliphatic rings. The fourth-order valence-corrected chi connectivity index (χ4v) is 9.90. The molecular formula is C47H73N3O14. The molecule has 4 heterocycles. The van der Waals surface area contributed by atoms with Crippen LogP contribution in [0.3, 0.4) is 0 Å². The van der Waals surface area contributed by atoms with Crippen molar-refractivity contribution >= 4 is 28.6 Å². The number of ketones is 1. The summed E-state index contributed by atoms with van der Waals surface area (Å²) in [6.45, 7) is 14.3. The molecular weight excluding hydrogens is 831 g/mol. The number of pyridine rings is 1. The van der Waals surface area contributed by atoms with E-state index in [1.165, 1.54) is 27.9 Å². The molecule has 0 saturated carbocycles. The molecule has 0 spiro atoms. The van der Waals surface area contributed by atoms with Gasteiger partial charge in [-0.2, -0.15) is 0 Å². The molecule has 64 heavy (non-hydrogen) atoms. The lowest BCUT2D eigenvalue weighted by molar-refractivity contribution is -0.318. The van der Waals surface area contributed by atoms with Crippen LogP contribution in [0.2, 0.25) is 0 Å². The van der Waals surface area contributed by atoms with E-state index in [0.29, 0.717) is 17.5 Å². The summed E-state index contributed by atoms with van der Waals surface area (Å²) in [6.07, 6.45) is -9.50. The molecule has 1 aromatic heterocycles. The number of fused-ring (bicyclic) bond motifs is 1. The van der Waals surface area contributed by atoms with Gasteiger partial charge in [0.1, 0.15) is 29.7 Å². The summed E-state index contributed by atoms with van der Waals surface area (Å²) in [5.41, 5.74) is -4.14. The summed E-state index contributed by atoms with van der Waals surface area (Å²) in [6, 6.07) is 8.28. The van der Waals surface area contributed by atoms with Gasteiger partial charge in [0.2, 0.25) is 0 Å². The monoisotopic (exact) mass is 904 g/mol. The first-order valence-corrected chi connectivity index (χ1v) is 22.5. The van der Waals surface area contributed by atoms with E-state index < -0.39 is 113 Å². The Morgan fingerprint density at radius 2 is 1.62 bits per heavy atom. The van der Waals surface area contributed by atoms with Gasteiger partial charge in [-0.25, -0.2) is 0 Å². The first-order chi connectivity index (χ1) is 29.8. The number of amides is 1. The van der Waals surface area contributed by atoms with Gasteiger partial charge in [0.25, 0.3) is 5.91 Å². The number of aliphatic hydroxyl groups excluding tert-OH is 3. The normalized spacial score (nSPS) is 41.9. The number of benzene rings is 1. The van der Waals surface area contributed by atoms with E-state index in [4.69, 9.17) is 28.4 Å². The number of hydrogen-bond donors (Lipinski definition) is 6. The highest BCUT2D eigenvalue weighted by atomic mass is 16.7. The standard InChI is InChI=1S/C47H73N3O14/c1-24-22-45(7,57)41(64-44-37(52)33(50(10)11)20-25(2)60-44)27(4)38(63-35-23-46(8,59-12)40(54)29(6)61-35)28(5)43(56)62-34(47(9,58)39(53)26(3)36(24)51)17-19-49-42(55)31-15-16-32-30(21-31)14-13-18-48-32/h13-16,18,21,24-29,33-35,37-41,44,52-54,57-58H,17,19-20,22-23H2,1-12H3,(H,49,55)/t24-,25-,26+,27+,28-,29+,33+,34-,35+,37-,38?,39-,40+,41-,44+,45-,46-,47-/m1/s1. The maximum atomic E-state index is 14.7. The van der Waals surface area contributed by atoms with Crippen LogP contribution in [-0.4, -0.2) is 165 Å². The van der Waals surface area contributed by atoms with Crippen molar-refractivity contribution in [3.63, 3.8) is 0 Å². The zero-order chi connectivity index (χ0) is 47.6. The second-order valence-corrected chi connectivity index (χ2v) is 19.5. The lowest BCUT2D eigenvalue weighted by atomic mass is 9.74. The molecule has 0 aliphatic carbocycles. The van der Waals surface area contributed by atoms with Crippen molar-refractivity contribution in [1.29, 1.82) is 0 Å². The van der Waals surface area contributed by atoms with Gasteiger partial charge in [-0.05, 0) is 92.7 Å². The Morgan fingerprint density at radius 3 is 2.28 bits per heavy atom.